The van der Waals surface area contributed by atoms with Gasteiger partial charge in [0.15, 0.2) is 0 Å². The highest BCUT2D eigenvalue weighted by molar-refractivity contribution is 7.11. The number of nitrogens with zero attached hydrogens (tertiary/aromatic N) is 2. The number of primary amides is 1. The van der Waals surface area contributed by atoms with Crippen LogP contribution in [-0.4, -0.2) is 34.8 Å². The van der Waals surface area contributed by atoms with Crippen LogP contribution in [0.15, 0.2) is 24.3 Å². The zero-order chi connectivity index (χ0) is 18.0. The molecule has 5 nitrogen and oxygen atoms in total. The van der Waals surface area contributed by atoms with Gasteiger partial charge in [0.05, 0.1) is 17.1 Å². The smallest absolute Gasteiger partial charge is 0.248 e. The lowest BCUT2D eigenvalue weighted by atomic mass is 9.97. The third-order valence-electron chi connectivity index (χ3n) is 4.69. The maximum atomic E-state index is 12.6. The van der Waals surface area contributed by atoms with Crippen LogP contribution in [0.5, 0.6) is 0 Å². The number of benzene rings is 1. The summed E-state index contributed by atoms with van der Waals surface area (Å²) >= 11 is 1.61. The van der Waals surface area contributed by atoms with E-state index < -0.39 is 5.91 Å². The number of aryl methyl sites for hydroxylation is 2. The van der Waals surface area contributed by atoms with Crippen LogP contribution in [0.25, 0.3) is 0 Å². The molecular formula is C19H23N3O2S. The van der Waals surface area contributed by atoms with E-state index in [2.05, 4.69) is 4.98 Å². The van der Waals surface area contributed by atoms with E-state index in [1.807, 2.05) is 36.9 Å². The molecule has 1 aliphatic rings. The van der Waals surface area contributed by atoms with Gasteiger partial charge in [-0.05, 0) is 50.3 Å². The molecule has 2 aromatic rings. The third kappa shape index (κ3) is 4.25. The van der Waals surface area contributed by atoms with E-state index in [1.165, 1.54) is 0 Å². The van der Waals surface area contributed by atoms with E-state index in [9.17, 15) is 9.59 Å². The first-order valence-electron chi connectivity index (χ1n) is 8.52. The second kappa shape index (κ2) is 7.35. The molecule has 0 bridgehead atoms. The lowest BCUT2D eigenvalue weighted by Gasteiger charge is -2.16. The standard InChI is InChI=1S/C19H23N3O2S/c1-12-17(25-13(2)21-12)10-18(23)22-7-6-15(11-22)8-14-4-3-5-16(9-14)19(20)24/h3-5,9,15H,6-8,10-11H2,1-2H3,(H2,20,24)/t15-/m1/s1. The van der Waals surface area contributed by atoms with Crippen LogP contribution in [0.2, 0.25) is 0 Å². The molecule has 0 spiro atoms. The van der Waals surface area contributed by atoms with Crippen molar-refractivity contribution in [1.29, 1.82) is 0 Å². The van der Waals surface area contributed by atoms with Crippen LogP contribution in [0.4, 0.5) is 0 Å². The van der Waals surface area contributed by atoms with Crippen molar-refractivity contribution >= 4 is 23.2 Å². The van der Waals surface area contributed by atoms with Gasteiger partial charge in [0.2, 0.25) is 11.8 Å². The molecular weight excluding hydrogens is 334 g/mol. The highest BCUT2D eigenvalue weighted by atomic mass is 32.1. The van der Waals surface area contributed by atoms with Crippen LogP contribution in [-0.2, 0) is 17.6 Å². The second-order valence-corrected chi connectivity index (χ2v) is 7.97. The van der Waals surface area contributed by atoms with Crippen molar-refractivity contribution in [3.8, 4) is 0 Å². The Morgan fingerprint density at radius 3 is 2.84 bits per heavy atom. The van der Waals surface area contributed by atoms with Gasteiger partial charge in [-0.15, -0.1) is 11.3 Å². The van der Waals surface area contributed by atoms with E-state index in [1.54, 1.807) is 17.4 Å². The molecule has 0 aliphatic carbocycles. The van der Waals surface area contributed by atoms with Gasteiger partial charge in [-0.3, -0.25) is 9.59 Å². The Balaban J connectivity index is 1.58. The molecule has 1 aromatic heterocycles. The van der Waals surface area contributed by atoms with E-state index in [0.29, 0.717) is 17.9 Å². The Kier molecular flexibility index (Phi) is 5.18. The van der Waals surface area contributed by atoms with Crippen molar-refractivity contribution in [2.75, 3.05) is 13.1 Å². The van der Waals surface area contributed by atoms with Crippen molar-refractivity contribution in [3.05, 3.63) is 51.0 Å². The summed E-state index contributed by atoms with van der Waals surface area (Å²) < 4.78 is 0. The fourth-order valence-electron chi connectivity index (χ4n) is 3.40. The van der Waals surface area contributed by atoms with Gasteiger partial charge in [-0.2, -0.15) is 0 Å². The zero-order valence-corrected chi connectivity index (χ0v) is 15.4. The number of amides is 2. The molecule has 2 amide bonds. The molecule has 2 N–H and O–H groups in total. The summed E-state index contributed by atoms with van der Waals surface area (Å²) in [5, 5.41) is 1.01. The maximum Gasteiger partial charge on any atom is 0.248 e. The Labute approximate surface area is 151 Å². The molecule has 1 fully saturated rings. The number of hydrogen-bond acceptors (Lipinski definition) is 4. The minimum absolute atomic E-state index is 0.181. The third-order valence-corrected chi connectivity index (χ3v) is 5.76. The Hall–Kier alpha value is -2.21. The summed E-state index contributed by atoms with van der Waals surface area (Å²) in [5.74, 6) is 0.205. The number of carbonyl (C=O) groups excluding carboxylic acids is 2. The number of carbonyl (C=O) groups is 2. The predicted octanol–water partition coefficient (Wildman–Crippen LogP) is 2.49. The fraction of sp³-hybridized carbons (Fsp3) is 0.421. The molecule has 1 aromatic carbocycles. The summed E-state index contributed by atoms with van der Waals surface area (Å²) in [6.45, 7) is 5.51. The number of aromatic nitrogens is 1. The summed E-state index contributed by atoms with van der Waals surface area (Å²) in [6.07, 6.45) is 2.30. The summed E-state index contributed by atoms with van der Waals surface area (Å²) in [5.41, 5.74) is 7.95. The van der Waals surface area contributed by atoms with Gasteiger partial charge in [0.25, 0.3) is 0 Å². The predicted molar refractivity (Wildman–Crippen MR) is 98.6 cm³/mol. The maximum absolute atomic E-state index is 12.6. The number of nitrogens with two attached hydrogens (primary N) is 1. The van der Waals surface area contributed by atoms with Gasteiger partial charge in [-0.25, -0.2) is 4.98 Å². The molecule has 1 aliphatic heterocycles. The molecule has 0 saturated carbocycles. The number of rotatable bonds is 5. The number of likely N-dealkylation sites (tertiary alicyclic amines) is 1. The second-order valence-electron chi connectivity index (χ2n) is 6.68. The first-order valence-corrected chi connectivity index (χ1v) is 9.33. The highest BCUT2D eigenvalue weighted by Gasteiger charge is 2.27. The average Bonchev–Trinajstić information content (AvgIpc) is 3.14. The van der Waals surface area contributed by atoms with Crippen molar-refractivity contribution in [2.45, 2.75) is 33.1 Å². The molecule has 2 heterocycles. The molecule has 6 heteroatoms. The zero-order valence-electron chi connectivity index (χ0n) is 14.6. The van der Waals surface area contributed by atoms with Crippen LogP contribution < -0.4 is 5.73 Å². The first-order chi connectivity index (χ1) is 11.9. The highest BCUT2D eigenvalue weighted by Crippen LogP contribution is 2.24. The van der Waals surface area contributed by atoms with Gasteiger partial charge in [-0.1, -0.05) is 12.1 Å². The van der Waals surface area contributed by atoms with Crippen LogP contribution in [0.1, 0.15) is 37.9 Å². The first kappa shape index (κ1) is 17.6. The minimum Gasteiger partial charge on any atom is -0.366 e. The molecule has 25 heavy (non-hydrogen) atoms. The van der Waals surface area contributed by atoms with Crippen molar-refractivity contribution in [3.63, 3.8) is 0 Å². The SMILES string of the molecule is Cc1nc(C)c(CC(=O)N2CC[C@H](Cc3cccc(C(N)=O)c3)C2)s1. The topological polar surface area (TPSA) is 76.3 Å². The van der Waals surface area contributed by atoms with Gasteiger partial charge < -0.3 is 10.6 Å². The lowest BCUT2D eigenvalue weighted by molar-refractivity contribution is -0.129. The lowest BCUT2D eigenvalue weighted by Crippen LogP contribution is -2.30. The molecule has 132 valence electrons. The van der Waals surface area contributed by atoms with Crippen molar-refractivity contribution in [2.24, 2.45) is 11.7 Å². The monoisotopic (exact) mass is 357 g/mol. The van der Waals surface area contributed by atoms with Crippen molar-refractivity contribution in [1.82, 2.24) is 9.88 Å². The van der Waals surface area contributed by atoms with E-state index in [4.69, 9.17) is 5.73 Å². The summed E-state index contributed by atoms with van der Waals surface area (Å²) in [6, 6.07) is 7.47. The molecule has 1 atom stereocenters. The number of hydrogen-bond donors (Lipinski definition) is 1. The van der Waals surface area contributed by atoms with E-state index in [0.717, 1.165) is 47.1 Å². The summed E-state index contributed by atoms with van der Waals surface area (Å²) in [4.78, 5) is 31.3. The van der Waals surface area contributed by atoms with Crippen LogP contribution in [0, 0.1) is 19.8 Å². The molecule has 0 radical (unpaired) electrons. The van der Waals surface area contributed by atoms with Gasteiger partial charge >= 0.3 is 0 Å². The minimum atomic E-state index is -0.403. The normalized spacial score (nSPS) is 17.0. The van der Waals surface area contributed by atoms with Crippen molar-refractivity contribution < 1.29 is 9.59 Å². The summed E-state index contributed by atoms with van der Waals surface area (Å²) in [7, 11) is 0. The Morgan fingerprint density at radius 2 is 2.16 bits per heavy atom. The van der Waals surface area contributed by atoms with Gasteiger partial charge in [0, 0.05) is 23.5 Å². The van der Waals surface area contributed by atoms with E-state index >= 15 is 0 Å². The fourth-order valence-corrected chi connectivity index (χ4v) is 4.33. The number of thiazole rings is 1. The Morgan fingerprint density at radius 1 is 1.36 bits per heavy atom. The molecule has 3 rings (SSSR count). The quantitative estimate of drug-likeness (QED) is 0.893. The van der Waals surface area contributed by atoms with Crippen LogP contribution in [0.3, 0.4) is 0 Å². The average molecular weight is 357 g/mol. The van der Waals surface area contributed by atoms with Gasteiger partial charge in [0.1, 0.15) is 0 Å². The molecule has 1 saturated heterocycles. The van der Waals surface area contributed by atoms with Crippen LogP contribution >= 0.6 is 11.3 Å². The molecule has 0 unspecified atom stereocenters. The largest absolute Gasteiger partial charge is 0.366 e. The van der Waals surface area contributed by atoms with E-state index in [-0.39, 0.29) is 5.91 Å². The Bertz CT molecular complexity index is 800.